The number of carbonyl (C=O) groups is 3. The van der Waals surface area contributed by atoms with Crippen molar-refractivity contribution in [2.45, 2.75) is 18.9 Å². The van der Waals surface area contributed by atoms with Crippen LogP contribution in [0.2, 0.25) is 0 Å². The third-order valence-corrected chi connectivity index (χ3v) is 4.32. The van der Waals surface area contributed by atoms with E-state index in [-0.39, 0.29) is 11.1 Å². The molecule has 0 aliphatic rings. The van der Waals surface area contributed by atoms with Crippen molar-refractivity contribution < 1.29 is 38.7 Å². The van der Waals surface area contributed by atoms with E-state index >= 15 is 0 Å². The van der Waals surface area contributed by atoms with Crippen LogP contribution in [-0.2, 0) is 19.1 Å². The Hall–Kier alpha value is -4.28. The van der Waals surface area contributed by atoms with Crippen LogP contribution in [0.15, 0.2) is 40.8 Å². The van der Waals surface area contributed by atoms with E-state index < -0.39 is 53.2 Å². The highest BCUT2D eigenvalue weighted by Gasteiger charge is 2.33. The second-order valence-corrected chi connectivity index (χ2v) is 6.25. The van der Waals surface area contributed by atoms with Crippen LogP contribution in [0, 0.1) is 15.5 Å². The Morgan fingerprint density at radius 3 is 2.43 bits per heavy atom. The number of carboxylic acids is 2. The number of nitrogens with one attached hydrogen (secondary N) is 1. The van der Waals surface area contributed by atoms with Crippen LogP contribution in [0.25, 0.3) is 21.9 Å². The van der Waals surface area contributed by atoms with E-state index in [1.807, 2.05) is 0 Å². The molecule has 0 saturated heterocycles. The lowest BCUT2D eigenvalue weighted by atomic mass is 10.0. The maximum absolute atomic E-state index is 12.0. The highest BCUT2D eigenvalue weighted by Crippen LogP contribution is 2.37. The molecule has 0 radical (unpaired) electrons. The average Bonchev–Trinajstić information content (AvgIpc) is 3.06. The molecule has 3 rings (SSSR count). The first kappa shape index (κ1) is 20.5. The Morgan fingerprint density at radius 1 is 1.10 bits per heavy atom. The summed E-state index contributed by atoms with van der Waals surface area (Å²) >= 11 is 0. The molecular formula is C19H14N2O9. The van der Waals surface area contributed by atoms with Crippen molar-refractivity contribution in [2.24, 2.45) is 0 Å². The third kappa shape index (κ3) is 3.94. The lowest BCUT2D eigenvalue weighted by Crippen LogP contribution is -2.21. The Bertz CT molecular complexity index is 1210. The molecule has 0 amide bonds. The number of nitrogens with zero attached hydrogens (tertiary/aromatic N) is 1. The molecule has 154 valence electrons. The molecule has 1 aromatic heterocycles. The minimum Gasteiger partial charge on any atom is -0.478 e. The number of esters is 1. The molecule has 1 heterocycles. The summed E-state index contributed by atoms with van der Waals surface area (Å²) in [6, 6.07) is 9.04. The number of ether oxygens (including phenoxy) is 1. The van der Waals surface area contributed by atoms with Crippen molar-refractivity contribution in [3.63, 3.8) is 0 Å². The van der Waals surface area contributed by atoms with Crippen LogP contribution in [0.3, 0.4) is 0 Å². The van der Waals surface area contributed by atoms with Crippen LogP contribution in [-0.4, -0.2) is 38.8 Å². The SMILES string of the molecule is N=C(CCC(=O)OC(C(=O)O)c1cc2c(cc1[N+](=O)[O-])oc1ccccc12)C(=O)O. The minimum absolute atomic E-state index is 0.164. The number of aliphatic carboxylic acids is 2. The molecule has 0 spiro atoms. The van der Waals surface area contributed by atoms with Gasteiger partial charge in [-0.3, -0.25) is 20.3 Å². The number of hydrogen-bond acceptors (Lipinski definition) is 8. The zero-order valence-corrected chi connectivity index (χ0v) is 15.2. The normalized spacial score (nSPS) is 11.9. The molecule has 0 aliphatic carbocycles. The molecule has 0 bridgehead atoms. The minimum atomic E-state index is -2.00. The fourth-order valence-electron chi connectivity index (χ4n) is 2.92. The maximum Gasteiger partial charge on any atom is 0.350 e. The highest BCUT2D eigenvalue weighted by atomic mass is 16.6. The van der Waals surface area contributed by atoms with Gasteiger partial charge in [0.2, 0.25) is 6.10 Å². The van der Waals surface area contributed by atoms with E-state index in [4.69, 9.17) is 19.7 Å². The average molecular weight is 414 g/mol. The van der Waals surface area contributed by atoms with Crippen molar-refractivity contribution in [1.82, 2.24) is 0 Å². The summed E-state index contributed by atoms with van der Waals surface area (Å²) in [5, 5.41) is 37.9. The van der Waals surface area contributed by atoms with Crippen molar-refractivity contribution in [1.29, 1.82) is 5.41 Å². The highest BCUT2D eigenvalue weighted by molar-refractivity contribution is 6.34. The molecule has 30 heavy (non-hydrogen) atoms. The zero-order chi connectivity index (χ0) is 22.0. The van der Waals surface area contributed by atoms with Crippen LogP contribution < -0.4 is 0 Å². The summed E-state index contributed by atoms with van der Waals surface area (Å²) in [6.07, 6.45) is -3.05. The van der Waals surface area contributed by atoms with Crippen LogP contribution in [0.4, 0.5) is 5.69 Å². The number of benzene rings is 2. The zero-order valence-electron chi connectivity index (χ0n) is 15.2. The predicted molar refractivity (Wildman–Crippen MR) is 101 cm³/mol. The Morgan fingerprint density at radius 2 is 1.80 bits per heavy atom. The fourth-order valence-corrected chi connectivity index (χ4v) is 2.92. The Kier molecular flexibility index (Phi) is 5.45. The van der Waals surface area contributed by atoms with E-state index in [2.05, 4.69) is 0 Å². The molecular weight excluding hydrogens is 400 g/mol. The van der Waals surface area contributed by atoms with E-state index in [0.29, 0.717) is 16.4 Å². The van der Waals surface area contributed by atoms with Gasteiger partial charge in [-0.15, -0.1) is 0 Å². The van der Waals surface area contributed by atoms with Gasteiger partial charge in [0, 0.05) is 17.2 Å². The van der Waals surface area contributed by atoms with Crippen LogP contribution in [0.1, 0.15) is 24.5 Å². The van der Waals surface area contributed by atoms with E-state index in [1.54, 1.807) is 24.3 Å². The van der Waals surface area contributed by atoms with Gasteiger partial charge >= 0.3 is 17.9 Å². The van der Waals surface area contributed by atoms with Gasteiger partial charge in [0.05, 0.1) is 23.0 Å². The van der Waals surface area contributed by atoms with Gasteiger partial charge in [-0.2, -0.15) is 0 Å². The number of fused-ring (bicyclic) bond motifs is 3. The number of hydrogen-bond donors (Lipinski definition) is 3. The van der Waals surface area contributed by atoms with Crippen LogP contribution in [0.5, 0.6) is 0 Å². The van der Waals surface area contributed by atoms with E-state index in [0.717, 1.165) is 6.07 Å². The monoisotopic (exact) mass is 414 g/mol. The van der Waals surface area contributed by atoms with Gasteiger partial charge in [-0.05, 0) is 12.1 Å². The Labute approximate surface area is 167 Å². The smallest absolute Gasteiger partial charge is 0.350 e. The quantitative estimate of drug-likeness (QED) is 0.216. The van der Waals surface area contributed by atoms with Crippen molar-refractivity contribution in [3.8, 4) is 0 Å². The predicted octanol–water partition coefficient (Wildman–Crippen LogP) is 3.05. The van der Waals surface area contributed by atoms with Gasteiger partial charge in [0.15, 0.2) is 0 Å². The number of nitro benzene ring substituents is 1. The Balaban J connectivity index is 2.02. The molecule has 11 nitrogen and oxygen atoms in total. The molecule has 3 N–H and O–H groups in total. The molecule has 1 atom stereocenters. The van der Waals surface area contributed by atoms with Gasteiger partial charge in [-0.25, -0.2) is 9.59 Å². The number of nitro groups is 1. The van der Waals surface area contributed by atoms with Crippen molar-refractivity contribution >= 4 is 51.2 Å². The number of carbonyl (C=O) groups excluding carboxylic acids is 1. The largest absolute Gasteiger partial charge is 0.478 e. The summed E-state index contributed by atoms with van der Waals surface area (Å²) in [5.74, 6) is -4.28. The molecule has 11 heteroatoms. The first-order valence-electron chi connectivity index (χ1n) is 8.51. The standard InChI is InChI=1S/C19H14N2O9/c20-12(18(23)24)5-6-16(22)30-17(19(25)26)11-7-10-9-3-1-2-4-14(9)29-15(10)8-13(11)21(27)28/h1-4,7-8,17,20H,5-6H2,(H,23,24)(H,25,26). The number of para-hydroxylation sites is 1. The summed E-state index contributed by atoms with van der Waals surface area (Å²) in [5.41, 5.74) is -1.13. The topological polar surface area (TPSA) is 181 Å². The molecule has 2 aromatic carbocycles. The lowest BCUT2D eigenvalue weighted by molar-refractivity contribution is -0.386. The summed E-state index contributed by atoms with van der Waals surface area (Å²) < 4.78 is 10.5. The summed E-state index contributed by atoms with van der Waals surface area (Å²) in [4.78, 5) is 45.1. The maximum atomic E-state index is 12.0. The first-order valence-corrected chi connectivity index (χ1v) is 8.51. The van der Waals surface area contributed by atoms with Crippen LogP contribution >= 0.6 is 0 Å². The summed E-state index contributed by atoms with van der Waals surface area (Å²) in [6.45, 7) is 0. The van der Waals surface area contributed by atoms with Gasteiger partial charge < -0.3 is 19.4 Å². The summed E-state index contributed by atoms with van der Waals surface area (Å²) in [7, 11) is 0. The molecule has 0 saturated carbocycles. The second-order valence-electron chi connectivity index (χ2n) is 6.25. The van der Waals surface area contributed by atoms with E-state index in [9.17, 15) is 29.6 Å². The lowest BCUT2D eigenvalue weighted by Gasteiger charge is -2.14. The van der Waals surface area contributed by atoms with Gasteiger partial charge in [0.1, 0.15) is 16.9 Å². The number of rotatable bonds is 8. The molecule has 3 aromatic rings. The number of carboxylic acid groups (broad SMARTS) is 2. The third-order valence-electron chi connectivity index (χ3n) is 4.32. The van der Waals surface area contributed by atoms with Crippen molar-refractivity contribution in [3.05, 3.63) is 52.1 Å². The molecule has 0 fully saturated rings. The number of furan rings is 1. The van der Waals surface area contributed by atoms with Gasteiger partial charge in [-0.1, -0.05) is 18.2 Å². The van der Waals surface area contributed by atoms with E-state index in [1.165, 1.54) is 6.07 Å². The second kappa shape index (κ2) is 7.99. The van der Waals surface area contributed by atoms with Gasteiger partial charge in [0.25, 0.3) is 5.69 Å². The van der Waals surface area contributed by atoms with Crippen molar-refractivity contribution in [2.75, 3.05) is 0 Å². The molecule has 1 unspecified atom stereocenters. The molecule has 0 aliphatic heterocycles. The first-order chi connectivity index (χ1) is 14.2. The fraction of sp³-hybridized carbons (Fsp3) is 0.158.